The fourth-order valence-electron chi connectivity index (χ4n) is 2.75. The second-order valence-electron chi connectivity index (χ2n) is 4.98. The Morgan fingerprint density at radius 1 is 1.47 bits per heavy atom. The highest BCUT2D eigenvalue weighted by Gasteiger charge is 2.23. The van der Waals surface area contributed by atoms with Crippen LogP contribution in [-0.4, -0.2) is 25.0 Å². The summed E-state index contributed by atoms with van der Waals surface area (Å²) in [5, 5.41) is 0. The molecule has 1 heterocycles. The molecule has 2 N–H and O–H groups in total. The number of halogens is 1. The number of nitrogens with zero attached hydrogens (tertiary/aromatic N) is 1. The SMILES string of the molecule is CN(CC1CCCC1)C(CN)c1ccc(Br)o1. The molecule has 0 saturated heterocycles. The summed E-state index contributed by atoms with van der Waals surface area (Å²) < 4.78 is 6.40. The highest BCUT2D eigenvalue weighted by Crippen LogP contribution is 2.29. The maximum Gasteiger partial charge on any atom is 0.169 e. The summed E-state index contributed by atoms with van der Waals surface area (Å²) >= 11 is 3.34. The van der Waals surface area contributed by atoms with Crippen molar-refractivity contribution >= 4 is 15.9 Å². The van der Waals surface area contributed by atoms with E-state index in [1.807, 2.05) is 12.1 Å². The van der Waals surface area contributed by atoms with E-state index in [1.54, 1.807) is 0 Å². The van der Waals surface area contributed by atoms with Gasteiger partial charge in [0.15, 0.2) is 4.67 Å². The maximum absolute atomic E-state index is 5.87. The summed E-state index contributed by atoms with van der Waals surface area (Å²) in [7, 11) is 2.15. The second-order valence-corrected chi connectivity index (χ2v) is 5.77. The molecule has 0 aromatic carbocycles. The number of furan rings is 1. The Morgan fingerprint density at radius 3 is 2.71 bits per heavy atom. The molecule has 1 saturated carbocycles. The average molecular weight is 301 g/mol. The van der Waals surface area contributed by atoms with Crippen molar-refractivity contribution in [2.24, 2.45) is 11.7 Å². The van der Waals surface area contributed by atoms with E-state index >= 15 is 0 Å². The van der Waals surface area contributed by atoms with Crippen LogP contribution in [0, 0.1) is 5.92 Å². The minimum atomic E-state index is 0.196. The van der Waals surface area contributed by atoms with Crippen molar-refractivity contribution in [2.75, 3.05) is 20.1 Å². The normalized spacial score (nSPS) is 19.1. The Kier molecular flexibility index (Phi) is 4.65. The Hall–Kier alpha value is -0.320. The predicted octanol–water partition coefficient (Wildman–Crippen LogP) is 3.16. The molecule has 0 aliphatic heterocycles. The number of nitrogens with two attached hydrogens (primary N) is 1. The molecule has 1 aliphatic carbocycles. The molecule has 1 atom stereocenters. The van der Waals surface area contributed by atoms with E-state index < -0.39 is 0 Å². The van der Waals surface area contributed by atoms with Gasteiger partial charge in [-0.15, -0.1) is 0 Å². The van der Waals surface area contributed by atoms with Crippen molar-refractivity contribution in [3.05, 3.63) is 22.6 Å². The third-order valence-electron chi connectivity index (χ3n) is 3.70. The van der Waals surface area contributed by atoms with Crippen molar-refractivity contribution in [2.45, 2.75) is 31.7 Å². The molecule has 3 nitrogen and oxygen atoms in total. The molecular weight excluding hydrogens is 280 g/mol. The van der Waals surface area contributed by atoms with Gasteiger partial charge in [0.25, 0.3) is 0 Å². The van der Waals surface area contributed by atoms with Crippen LogP contribution in [0.1, 0.15) is 37.5 Å². The molecule has 0 bridgehead atoms. The summed E-state index contributed by atoms with van der Waals surface area (Å²) in [4.78, 5) is 2.33. The lowest BCUT2D eigenvalue weighted by Crippen LogP contribution is -2.33. The lowest BCUT2D eigenvalue weighted by atomic mass is 10.1. The third kappa shape index (κ3) is 3.33. The first-order valence-electron chi connectivity index (χ1n) is 6.36. The van der Waals surface area contributed by atoms with Crippen LogP contribution in [0.5, 0.6) is 0 Å². The summed E-state index contributed by atoms with van der Waals surface area (Å²) in [5.41, 5.74) is 5.87. The fourth-order valence-corrected chi connectivity index (χ4v) is 3.07. The van der Waals surface area contributed by atoms with Gasteiger partial charge in [-0.05, 0) is 53.9 Å². The van der Waals surface area contributed by atoms with E-state index in [9.17, 15) is 0 Å². The van der Waals surface area contributed by atoms with E-state index in [4.69, 9.17) is 10.2 Å². The van der Waals surface area contributed by atoms with Crippen molar-refractivity contribution in [3.63, 3.8) is 0 Å². The average Bonchev–Trinajstić information content (AvgIpc) is 2.91. The zero-order chi connectivity index (χ0) is 12.3. The number of rotatable bonds is 5. The van der Waals surface area contributed by atoms with E-state index in [2.05, 4.69) is 27.9 Å². The van der Waals surface area contributed by atoms with Crippen molar-refractivity contribution in [3.8, 4) is 0 Å². The van der Waals surface area contributed by atoms with Crippen LogP contribution >= 0.6 is 15.9 Å². The predicted molar refractivity (Wildman–Crippen MR) is 72.8 cm³/mol. The van der Waals surface area contributed by atoms with E-state index in [1.165, 1.54) is 25.7 Å². The highest BCUT2D eigenvalue weighted by atomic mass is 79.9. The Labute approximate surface area is 111 Å². The monoisotopic (exact) mass is 300 g/mol. The Balaban J connectivity index is 1.97. The van der Waals surface area contributed by atoms with Gasteiger partial charge >= 0.3 is 0 Å². The molecule has 0 spiro atoms. The smallest absolute Gasteiger partial charge is 0.169 e. The summed E-state index contributed by atoms with van der Waals surface area (Å²) in [6.45, 7) is 1.73. The molecule has 0 amide bonds. The molecule has 2 rings (SSSR count). The minimum absolute atomic E-state index is 0.196. The first-order chi connectivity index (χ1) is 8.20. The zero-order valence-corrected chi connectivity index (χ0v) is 11.9. The molecular formula is C13H21BrN2O. The molecule has 1 aromatic rings. The zero-order valence-electron chi connectivity index (χ0n) is 10.4. The summed E-state index contributed by atoms with van der Waals surface area (Å²) in [6.07, 6.45) is 5.50. The molecule has 4 heteroatoms. The van der Waals surface area contributed by atoms with Crippen LogP contribution in [0.2, 0.25) is 0 Å². The van der Waals surface area contributed by atoms with Crippen molar-refractivity contribution in [1.82, 2.24) is 4.90 Å². The molecule has 1 aliphatic rings. The van der Waals surface area contributed by atoms with Crippen LogP contribution in [0.25, 0.3) is 0 Å². The van der Waals surface area contributed by atoms with Gasteiger partial charge in [0.1, 0.15) is 5.76 Å². The van der Waals surface area contributed by atoms with Crippen LogP contribution < -0.4 is 5.73 Å². The van der Waals surface area contributed by atoms with Gasteiger partial charge in [-0.25, -0.2) is 0 Å². The quantitative estimate of drug-likeness (QED) is 0.908. The lowest BCUT2D eigenvalue weighted by molar-refractivity contribution is 0.189. The van der Waals surface area contributed by atoms with Gasteiger partial charge in [-0.3, -0.25) is 4.90 Å². The first-order valence-corrected chi connectivity index (χ1v) is 7.15. The number of hydrogen-bond donors (Lipinski definition) is 1. The van der Waals surface area contributed by atoms with Crippen LogP contribution in [0.3, 0.4) is 0 Å². The molecule has 1 aromatic heterocycles. The topological polar surface area (TPSA) is 42.4 Å². The number of hydrogen-bond acceptors (Lipinski definition) is 3. The second kappa shape index (κ2) is 6.03. The van der Waals surface area contributed by atoms with Gasteiger partial charge < -0.3 is 10.2 Å². The molecule has 1 unspecified atom stereocenters. The van der Waals surface area contributed by atoms with Gasteiger partial charge in [0, 0.05) is 13.1 Å². The van der Waals surface area contributed by atoms with Crippen LogP contribution in [0.15, 0.2) is 21.2 Å². The Morgan fingerprint density at radius 2 is 2.18 bits per heavy atom. The van der Waals surface area contributed by atoms with Crippen molar-refractivity contribution < 1.29 is 4.42 Å². The molecule has 96 valence electrons. The van der Waals surface area contributed by atoms with Gasteiger partial charge in [0.05, 0.1) is 6.04 Å². The minimum Gasteiger partial charge on any atom is -0.453 e. The summed E-state index contributed by atoms with van der Waals surface area (Å²) in [6, 6.07) is 4.13. The van der Waals surface area contributed by atoms with Gasteiger partial charge in [-0.2, -0.15) is 0 Å². The standard InChI is InChI=1S/C13H21BrN2O/c1-16(9-10-4-2-3-5-10)11(8-15)12-6-7-13(14)17-12/h6-7,10-11H,2-5,8-9,15H2,1H3. The largest absolute Gasteiger partial charge is 0.453 e. The van der Waals surface area contributed by atoms with Gasteiger partial charge in [-0.1, -0.05) is 12.8 Å². The van der Waals surface area contributed by atoms with Crippen molar-refractivity contribution in [1.29, 1.82) is 0 Å². The first kappa shape index (κ1) is 13.1. The highest BCUT2D eigenvalue weighted by molar-refractivity contribution is 9.10. The van der Waals surface area contributed by atoms with Crippen LogP contribution in [0.4, 0.5) is 0 Å². The fraction of sp³-hybridized carbons (Fsp3) is 0.692. The van der Waals surface area contributed by atoms with E-state index in [-0.39, 0.29) is 6.04 Å². The number of likely N-dealkylation sites (N-methyl/N-ethyl adjacent to an activating group) is 1. The van der Waals surface area contributed by atoms with Crippen LogP contribution in [-0.2, 0) is 0 Å². The molecule has 0 radical (unpaired) electrons. The maximum atomic E-state index is 5.87. The third-order valence-corrected chi connectivity index (χ3v) is 4.12. The summed E-state index contributed by atoms with van der Waals surface area (Å²) in [5.74, 6) is 1.80. The molecule has 1 fully saturated rings. The Bertz CT molecular complexity index is 347. The lowest BCUT2D eigenvalue weighted by Gasteiger charge is -2.27. The van der Waals surface area contributed by atoms with Gasteiger partial charge in [0.2, 0.25) is 0 Å². The van der Waals surface area contributed by atoms with E-state index in [0.29, 0.717) is 6.54 Å². The van der Waals surface area contributed by atoms with E-state index in [0.717, 1.165) is 22.9 Å². The molecule has 17 heavy (non-hydrogen) atoms.